The summed E-state index contributed by atoms with van der Waals surface area (Å²) in [6, 6.07) is 1.32. The van der Waals surface area contributed by atoms with Gasteiger partial charge in [-0.2, -0.15) is 0 Å². The Kier molecular flexibility index (Phi) is 3.91. The lowest BCUT2D eigenvalue weighted by molar-refractivity contribution is -0.151. The van der Waals surface area contributed by atoms with Gasteiger partial charge in [0.15, 0.2) is 0 Å². The summed E-state index contributed by atoms with van der Waals surface area (Å²) in [7, 11) is 0. The Morgan fingerprint density at radius 2 is 1.94 bits per heavy atom. The van der Waals surface area contributed by atoms with Crippen molar-refractivity contribution in [2.24, 2.45) is 5.41 Å². The molecule has 2 atom stereocenters. The molecule has 0 aromatic carbocycles. The van der Waals surface area contributed by atoms with Gasteiger partial charge in [-0.3, -0.25) is 0 Å². The van der Waals surface area contributed by atoms with Gasteiger partial charge in [0.1, 0.15) is 0 Å². The SMILES string of the molecule is CCOC1CC(NC(C)C)C12CCCCC2. The van der Waals surface area contributed by atoms with Crippen LogP contribution in [0.2, 0.25) is 0 Å². The minimum Gasteiger partial charge on any atom is -0.378 e. The van der Waals surface area contributed by atoms with Crippen molar-refractivity contribution in [3.8, 4) is 0 Å². The molecule has 1 spiro atoms. The minimum atomic E-state index is 0.485. The summed E-state index contributed by atoms with van der Waals surface area (Å²) >= 11 is 0. The van der Waals surface area contributed by atoms with Gasteiger partial charge < -0.3 is 10.1 Å². The van der Waals surface area contributed by atoms with Gasteiger partial charge in [0.25, 0.3) is 0 Å². The van der Waals surface area contributed by atoms with E-state index >= 15 is 0 Å². The standard InChI is InChI=1S/C14H27NO/c1-4-16-13-10-12(15-11(2)3)14(13)8-6-5-7-9-14/h11-13,15H,4-10H2,1-3H3. The Morgan fingerprint density at radius 3 is 2.50 bits per heavy atom. The second kappa shape index (κ2) is 5.05. The van der Waals surface area contributed by atoms with Crippen LogP contribution in [0, 0.1) is 5.41 Å². The molecule has 0 aromatic rings. The molecule has 2 nitrogen and oxygen atoms in total. The summed E-state index contributed by atoms with van der Waals surface area (Å²) in [5.41, 5.74) is 0.485. The largest absolute Gasteiger partial charge is 0.378 e. The molecule has 2 saturated carbocycles. The van der Waals surface area contributed by atoms with Crippen LogP contribution in [-0.2, 0) is 4.74 Å². The predicted octanol–water partition coefficient (Wildman–Crippen LogP) is 3.11. The average Bonchev–Trinajstić information content (AvgIpc) is 2.28. The molecule has 2 fully saturated rings. The van der Waals surface area contributed by atoms with Crippen molar-refractivity contribution in [3.63, 3.8) is 0 Å². The maximum atomic E-state index is 5.94. The van der Waals surface area contributed by atoms with Crippen LogP contribution in [0.25, 0.3) is 0 Å². The fraction of sp³-hybridized carbons (Fsp3) is 1.00. The van der Waals surface area contributed by atoms with E-state index in [2.05, 4.69) is 26.1 Å². The third-order valence-electron chi connectivity index (χ3n) is 4.47. The van der Waals surface area contributed by atoms with Gasteiger partial charge in [-0.05, 0) is 26.2 Å². The molecule has 2 heteroatoms. The van der Waals surface area contributed by atoms with Crippen LogP contribution in [-0.4, -0.2) is 24.8 Å². The number of ether oxygens (including phenoxy) is 1. The molecule has 2 unspecified atom stereocenters. The Hall–Kier alpha value is -0.0800. The molecule has 0 radical (unpaired) electrons. The van der Waals surface area contributed by atoms with E-state index in [-0.39, 0.29) is 0 Å². The van der Waals surface area contributed by atoms with Crippen molar-refractivity contribution in [1.82, 2.24) is 5.32 Å². The molecule has 0 bridgehead atoms. The maximum Gasteiger partial charge on any atom is 0.0661 e. The molecule has 2 rings (SSSR count). The maximum absolute atomic E-state index is 5.94. The Balaban J connectivity index is 2.00. The van der Waals surface area contributed by atoms with Crippen molar-refractivity contribution >= 4 is 0 Å². The van der Waals surface area contributed by atoms with Crippen LogP contribution in [0.4, 0.5) is 0 Å². The van der Waals surface area contributed by atoms with E-state index in [0.717, 1.165) is 6.61 Å². The third-order valence-corrected chi connectivity index (χ3v) is 4.47. The minimum absolute atomic E-state index is 0.485. The second-order valence-corrected chi connectivity index (χ2v) is 5.85. The van der Waals surface area contributed by atoms with Crippen molar-refractivity contribution in [2.75, 3.05) is 6.61 Å². The van der Waals surface area contributed by atoms with Gasteiger partial charge in [0.05, 0.1) is 6.10 Å². The highest BCUT2D eigenvalue weighted by Crippen LogP contribution is 2.53. The van der Waals surface area contributed by atoms with E-state index in [1.54, 1.807) is 0 Å². The first-order valence-corrected chi connectivity index (χ1v) is 7.06. The molecule has 0 aromatic heterocycles. The van der Waals surface area contributed by atoms with Crippen LogP contribution < -0.4 is 5.32 Å². The van der Waals surface area contributed by atoms with Crippen LogP contribution in [0.1, 0.15) is 59.3 Å². The molecule has 0 amide bonds. The summed E-state index contributed by atoms with van der Waals surface area (Å²) in [6.45, 7) is 7.51. The average molecular weight is 225 g/mol. The molecular formula is C14H27NO. The molecular weight excluding hydrogens is 198 g/mol. The van der Waals surface area contributed by atoms with Gasteiger partial charge in [0, 0.05) is 24.1 Å². The molecule has 2 aliphatic rings. The van der Waals surface area contributed by atoms with Crippen LogP contribution in [0.5, 0.6) is 0 Å². The first kappa shape index (κ1) is 12.4. The van der Waals surface area contributed by atoms with E-state index in [0.29, 0.717) is 23.6 Å². The first-order chi connectivity index (χ1) is 7.69. The lowest BCUT2D eigenvalue weighted by Gasteiger charge is -2.58. The number of hydrogen-bond acceptors (Lipinski definition) is 2. The Bertz CT molecular complexity index is 221. The van der Waals surface area contributed by atoms with Gasteiger partial charge in [-0.1, -0.05) is 33.1 Å². The summed E-state index contributed by atoms with van der Waals surface area (Å²) in [4.78, 5) is 0. The third kappa shape index (κ3) is 2.14. The quantitative estimate of drug-likeness (QED) is 0.794. The zero-order chi connectivity index (χ0) is 11.6. The number of hydrogen-bond donors (Lipinski definition) is 1. The normalized spacial score (nSPS) is 33.0. The first-order valence-electron chi connectivity index (χ1n) is 7.06. The van der Waals surface area contributed by atoms with Crippen LogP contribution >= 0.6 is 0 Å². The van der Waals surface area contributed by atoms with E-state index in [1.807, 2.05) is 0 Å². The summed E-state index contributed by atoms with van der Waals surface area (Å²) in [6.07, 6.45) is 8.75. The van der Waals surface area contributed by atoms with E-state index in [1.165, 1.54) is 38.5 Å². The number of rotatable bonds is 4. The lowest BCUT2D eigenvalue weighted by Crippen LogP contribution is -2.65. The number of nitrogens with one attached hydrogen (secondary N) is 1. The smallest absolute Gasteiger partial charge is 0.0661 e. The Labute approximate surface area is 100 Å². The van der Waals surface area contributed by atoms with Crippen molar-refractivity contribution in [2.45, 2.75) is 77.5 Å². The van der Waals surface area contributed by atoms with Crippen LogP contribution in [0.15, 0.2) is 0 Å². The van der Waals surface area contributed by atoms with Gasteiger partial charge in [-0.25, -0.2) is 0 Å². The zero-order valence-corrected chi connectivity index (χ0v) is 11.1. The lowest BCUT2D eigenvalue weighted by atomic mass is 9.55. The fourth-order valence-electron chi connectivity index (χ4n) is 3.70. The topological polar surface area (TPSA) is 21.3 Å². The van der Waals surface area contributed by atoms with Gasteiger partial charge in [0.2, 0.25) is 0 Å². The summed E-state index contributed by atoms with van der Waals surface area (Å²) in [5.74, 6) is 0. The molecule has 2 aliphatic carbocycles. The van der Waals surface area contributed by atoms with Crippen LogP contribution in [0.3, 0.4) is 0 Å². The van der Waals surface area contributed by atoms with E-state index < -0.39 is 0 Å². The predicted molar refractivity (Wildman–Crippen MR) is 67.6 cm³/mol. The van der Waals surface area contributed by atoms with Crippen molar-refractivity contribution in [3.05, 3.63) is 0 Å². The highest BCUT2D eigenvalue weighted by molar-refractivity contribution is 5.09. The van der Waals surface area contributed by atoms with Crippen molar-refractivity contribution in [1.29, 1.82) is 0 Å². The summed E-state index contributed by atoms with van der Waals surface area (Å²) in [5, 5.41) is 3.75. The van der Waals surface area contributed by atoms with Gasteiger partial charge in [-0.15, -0.1) is 0 Å². The molecule has 0 heterocycles. The molecule has 1 N–H and O–H groups in total. The molecule has 0 aliphatic heterocycles. The van der Waals surface area contributed by atoms with Crippen molar-refractivity contribution < 1.29 is 4.74 Å². The zero-order valence-electron chi connectivity index (χ0n) is 11.1. The van der Waals surface area contributed by atoms with Gasteiger partial charge >= 0.3 is 0 Å². The van der Waals surface area contributed by atoms with E-state index in [4.69, 9.17) is 4.74 Å². The van der Waals surface area contributed by atoms with E-state index in [9.17, 15) is 0 Å². The monoisotopic (exact) mass is 225 g/mol. The Morgan fingerprint density at radius 1 is 1.25 bits per heavy atom. The molecule has 16 heavy (non-hydrogen) atoms. The molecule has 0 saturated heterocycles. The molecule has 94 valence electrons. The summed E-state index contributed by atoms with van der Waals surface area (Å²) < 4.78 is 5.94. The fourth-order valence-corrected chi connectivity index (χ4v) is 3.70. The highest BCUT2D eigenvalue weighted by atomic mass is 16.5. The highest BCUT2D eigenvalue weighted by Gasteiger charge is 2.55. The second-order valence-electron chi connectivity index (χ2n) is 5.85.